The molecular weight excluding hydrogens is 441 g/mol. The number of rotatable bonds is 8. The van der Waals surface area contributed by atoms with Crippen molar-refractivity contribution in [3.05, 3.63) is 65.7 Å². The van der Waals surface area contributed by atoms with Crippen molar-refractivity contribution < 1.29 is 9.47 Å². The maximum Gasteiger partial charge on any atom is 0.193 e. The van der Waals surface area contributed by atoms with Crippen LogP contribution >= 0.6 is 24.0 Å². The van der Waals surface area contributed by atoms with E-state index in [9.17, 15) is 0 Å². The second kappa shape index (κ2) is 12.5. The Morgan fingerprint density at radius 2 is 1.69 bits per heavy atom. The van der Waals surface area contributed by atoms with Crippen molar-refractivity contribution in [2.75, 3.05) is 34.4 Å². The van der Waals surface area contributed by atoms with Gasteiger partial charge in [0.05, 0.1) is 26.9 Å². The van der Waals surface area contributed by atoms with Gasteiger partial charge in [-0.15, -0.1) is 24.0 Å². The quantitative estimate of drug-likeness (QED) is 0.278. The first-order chi connectivity index (χ1) is 12.2. The fourth-order valence-electron chi connectivity index (χ4n) is 2.25. The van der Waals surface area contributed by atoms with E-state index in [1.165, 1.54) is 5.56 Å². The summed E-state index contributed by atoms with van der Waals surface area (Å²) in [5, 5.41) is 3.32. The van der Waals surface area contributed by atoms with E-state index in [4.69, 9.17) is 9.47 Å². The number of aliphatic imine (C=N–C) groups is 1. The molecule has 2 aromatic rings. The Labute approximate surface area is 173 Å². The van der Waals surface area contributed by atoms with Gasteiger partial charge in [-0.25, -0.2) is 4.99 Å². The van der Waals surface area contributed by atoms with Gasteiger partial charge in [-0.1, -0.05) is 42.5 Å². The number of guanidine groups is 1. The van der Waals surface area contributed by atoms with E-state index in [1.807, 2.05) is 61.5 Å². The summed E-state index contributed by atoms with van der Waals surface area (Å²) >= 11 is 0. The lowest BCUT2D eigenvalue weighted by molar-refractivity contribution is 0.125. The molecule has 0 fully saturated rings. The van der Waals surface area contributed by atoms with Crippen molar-refractivity contribution in [2.45, 2.75) is 13.2 Å². The zero-order valence-corrected chi connectivity index (χ0v) is 18.0. The van der Waals surface area contributed by atoms with Crippen LogP contribution in [-0.4, -0.2) is 45.2 Å². The second-order valence-corrected chi connectivity index (χ2v) is 5.85. The lowest BCUT2D eigenvalue weighted by Crippen LogP contribution is -2.38. The van der Waals surface area contributed by atoms with Crippen molar-refractivity contribution in [1.82, 2.24) is 10.2 Å². The van der Waals surface area contributed by atoms with Crippen LogP contribution in [0, 0.1) is 0 Å². The van der Waals surface area contributed by atoms with E-state index in [0.29, 0.717) is 26.3 Å². The van der Waals surface area contributed by atoms with Crippen molar-refractivity contribution in [2.24, 2.45) is 4.99 Å². The number of benzene rings is 2. The molecule has 0 saturated carbocycles. The number of methoxy groups -OCH3 is 1. The van der Waals surface area contributed by atoms with Crippen molar-refractivity contribution in [3.8, 4) is 5.75 Å². The Kier molecular flexibility index (Phi) is 10.7. The molecule has 5 nitrogen and oxygen atoms in total. The molecule has 2 aromatic carbocycles. The Bertz CT molecular complexity index is 646. The highest BCUT2D eigenvalue weighted by molar-refractivity contribution is 14.0. The number of nitrogens with zero attached hydrogens (tertiary/aromatic N) is 2. The smallest absolute Gasteiger partial charge is 0.193 e. The molecule has 0 saturated heterocycles. The van der Waals surface area contributed by atoms with Gasteiger partial charge in [-0.05, 0) is 23.3 Å². The average molecular weight is 469 g/mol. The summed E-state index contributed by atoms with van der Waals surface area (Å²) in [7, 11) is 5.63. The summed E-state index contributed by atoms with van der Waals surface area (Å²) in [4.78, 5) is 6.61. The molecule has 0 radical (unpaired) electrons. The molecule has 0 heterocycles. The van der Waals surface area contributed by atoms with Crippen LogP contribution in [0.5, 0.6) is 5.75 Å². The fraction of sp³-hybridized carbons (Fsp3) is 0.350. The first-order valence-electron chi connectivity index (χ1n) is 8.39. The molecule has 0 aliphatic heterocycles. The van der Waals surface area contributed by atoms with Crippen LogP contribution in [-0.2, 0) is 17.9 Å². The van der Waals surface area contributed by atoms with Crippen LogP contribution in [0.1, 0.15) is 11.1 Å². The van der Waals surface area contributed by atoms with Gasteiger partial charge in [0.15, 0.2) is 5.96 Å². The fourth-order valence-corrected chi connectivity index (χ4v) is 2.25. The van der Waals surface area contributed by atoms with E-state index in [2.05, 4.69) is 22.4 Å². The first-order valence-corrected chi connectivity index (χ1v) is 8.39. The number of nitrogens with one attached hydrogen (secondary N) is 1. The van der Waals surface area contributed by atoms with E-state index < -0.39 is 0 Å². The first kappa shape index (κ1) is 22.2. The van der Waals surface area contributed by atoms with Gasteiger partial charge in [-0.2, -0.15) is 0 Å². The summed E-state index contributed by atoms with van der Waals surface area (Å²) in [6, 6.07) is 18.1. The van der Waals surface area contributed by atoms with E-state index >= 15 is 0 Å². The Morgan fingerprint density at radius 3 is 2.31 bits per heavy atom. The molecule has 0 aromatic heterocycles. The van der Waals surface area contributed by atoms with Gasteiger partial charge in [0.25, 0.3) is 0 Å². The second-order valence-electron chi connectivity index (χ2n) is 5.85. The molecule has 0 aliphatic carbocycles. The van der Waals surface area contributed by atoms with Crippen LogP contribution in [0.4, 0.5) is 0 Å². The van der Waals surface area contributed by atoms with Gasteiger partial charge in [0.2, 0.25) is 0 Å². The number of ether oxygens (including phenoxy) is 2. The van der Waals surface area contributed by atoms with E-state index in [1.54, 1.807) is 7.11 Å². The molecule has 0 unspecified atom stereocenters. The number of hydrogen-bond acceptors (Lipinski definition) is 3. The molecule has 0 atom stereocenters. The molecule has 1 N–H and O–H groups in total. The zero-order valence-electron chi connectivity index (χ0n) is 15.6. The van der Waals surface area contributed by atoms with Crippen LogP contribution in [0.15, 0.2) is 59.6 Å². The Balaban J connectivity index is 0.00000338. The third-order valence-electron chi connectivity index (χ3n) is 3.64. The monoisotopic (exact) mass is 469 g/mol. The standard InChI is InChI=1S/C20H27N3O2.HI/c1-23(2)20(22-15-17-7-5-4-6-8-17)21-13-14-25-16-18-9-11-19(24-3)12-10-18;/h4-12H,13-16H2,1-3H3,(H,21,22);1H. The molecule has 6 heteroatoms. The maximum atomic E-state index is 5.71. The predicted molar refractivity (Wildman–Crippen MR) is 117 cm³/mol. The molecule has 142 valence electrons. The SMILES string of the molecule is COc1ccc(COCCNC(=NCc2ccccc2)N(C)C)cc1.I. The molecule has 0 spiro atoms. The Hall–Kier alpha value is -1.80. The number of hydrogen-bond donors (Lipinski definition) is 1. The lowest BCUT2D eigenvalue weighted by atomic mass is 10.2. The molecular formula is C20H28IN3O2. The normalized spacial score (nSPS) is 10.8. The average Bonchev–Trinajstić information content (AvgIpc) is 2.65. The highest BCUT2D eigenvalue weighted by Gasteiger charge is 2.01. The summed E-state index contributed by atoms with van der Waals surface area (Å²) in [5.41, 5.74) is 2.32. The molecule has 0 bridgehead atoms. The van der Waals surface area contributed by atoms with Crippen LogP contribution < -0.4 is 10.1 Å². The minimum atomic E-state index is 0. The van der Waals surface area contributed by atoms with Gasteiger partial charge in [0.1, 0.15) is 5.75 Å². The topological polar surface area (TPSA) is 46.1 Å². The minimum absolute atomic E-state index is 0. The summed E-state index contributed by atoms with van der Waals surface area (Å²) in [5.74, 6) is 1.72. The molecule has 0 amide bonds. The minimum Gasteiger partial charge on any atom is -0.497 e. The van der Waals surface area contributed by atoms with Gasteiger partial charge >= 0.3 is 0 Å². The van der Waals surface area contributed by atoms with Gasteiger partial charge < -0.3 is 19.7 Å². The number of halogens is 1. The zero-order chi connectivity index (χ0) is 17.9. The molecule has 26 heavy (non-hydrogen) atoms. The maximum absolute atomic E-state index is 5.71. The van der Waals surface area contributed by atoms with Gasteiger partial charge in [0, 0.05) is 20.6 Å². The van der Waals surface area contributed by atoms with Gasteiger partial charge in [-0.3, -0.25) is 0 Å². The van der Waals surface area contributed by atoms with E-state index in [0.717, 1.165) is 17.3 Å². The highest BCUT2D eigenvalue weighted by Crippen LogP contribution is 2.11. The van der Waals surface area contributed by atoms with E-state index in [-0.39, 0.29) is 24.0 Å². The summed E-state index contributed by atoms with van der Waals surface area (Å²) < 4.78 is 10.9. The van der Waals surface area contributed by atoms with Crippen molar-refractivity contribution in [1.29, 1.82) is 0 Å². The van der Waals surface area contributed by atoms with Crippen molar-refractivity contribution >= 4 is 29.9 Å². The Morgan fingerprint density at radius 1 is 1.00 bits per heavy atom. The summed E-state index contributed by atoms with van der Waals surface area (Å²) in [6.07, 6.45) is 0. The predicted octanol–water partition coefficient (Wildman–Crippen LogP) is 3.54. The molecule has 2 rings (SSSR count). The summed E-state index contributed by atoms with van der Waals surface area (Å²) in [6.45, 7) is 2.57. The van der Waals surface area contributed by atoms with Crippen molar-refractivity contribution in [3.63, 3.8) is 0 Å². The van der Waals surface area contributed by atoms with Crippen LogP contribution in [0.3, 0.4) is 0 Å². The third-order valence-corrected chi connectivity index (χ3v) is 3.64. The third kappa shape index (κ3) is 8.05. The highest BCUT2D eigenvalue weighted by atomic mass is 127. The van der Waals surface area contributed by atoms with Crippen LogP contribution in [0.25, 0.3) is 0 Å². The molecule has 0 aliphatic rings. The largest absolute Gasteiger partial charge is 0.497 e. The lowest BCUT2D eigenvalue weighted by Gasteiger charge is -2.17. The van der Waals surface area contributed by atoms with Crippen LogP contribution in [0.2, 0.25) is 0 Å².